The predicted octanol–water partition coefficient (Wildman–Crippen LogP) is 2.61. The Morgan fingerprint density at radius 1 is 0.588 bits per heavy atom. The van der Waals surface area contributed by atoms with Gasteiger partial charge < -0.3 is 0 Å². The molecule has 0 heterocycles. The molecule has 0 fully saturated rings. The molecule has 0 spiro atoms. The Labute approximate surface area is 110 Å². The summed E-state index contributed by atoms with van der Waals surface area (Å²) in [4.78, 5) is 0. The van der Waals surface area contributed by atoms with E-state index in [1.165, 1.54) is 0 Å². The Balaban J connectivity index is 4.59. The molecule has 17 heavy (non-hydrogen) atoms. The van der Waals surface area contributed by atoms with Crippen LogP contribution in [-0.4, -0.2) is 26.4 Å². The number of rotatable bonds is 12. The summed E-state index contributed by atoms with van der Waals surface area (Å²) in [6.45, 7) is 15.7. The van der Waals surface area contributed by atoms with Crippen LogP contribution in [0.15, 0.2) is 50.6 Å². The Kier molecular flexibility index (Phi) is 10.6. The molecule has 0 atom stereocenters. The maximum absolute atomic E-state index is 5.58. The summed E-state index contributed by atoms with van der Waals surface area (Å²) in [6, 6.07) is 0. The summed E-state index contributed by atoms with van der Waals surface area (Å²) < 4.78 is 22.3. The van der Waals surface area contributed by atoms with Gasteiger partial charge in [0.1, 0.15) is 0 Å². The fourth-order valence-corrected chi connectivity index (χ4v) is 7.32. The Hall–Kier alpha value is -0.330. The van der Waals surface area contributed by atoms with Gasteiger partial charge in [0.2, 0.25) is 0 Å². The van der Waals surface area contributed by atoms with Crippen LogP contribution in [0.5, 0.6) is 0 Å². The predicted molar refractivity (Wildman–Crippen MR) is 64.6 cm³/mol. The van der Waals surface area contributed by atoms with Gasteiger partial charge in [0.15, 0.2) is 0 Å². The summed E-state index contributed by atoms with van der Waals surface area (Å²) in [5.74, 6) is 0. The third-order valence-electron chi connectivity index (χ3n) is 1.51. The van der Waals surface area contributed by atoms with E-state index >= 15 is 0 Å². The van der Waals surface area contributed by atoms with Crippen molar-refractivity contribution in [3.05, 3.63) is 50.6 Å². The van der Waals surface area contributed by atoms with E-state index in [1.54, 1.807) is 24.3 Å². The van der Waals surface area contributed by atoms with E-state index in [2.05, 4.69) is 26.3 Å². The molecule has 0 aliphatic heterocycles. The molecule has 0 aromatic rings. The van der Waals surface area contributed by atoms with E-state index in [9.17, 15) is 0 Å². The van der Waals surface area contributed by atoms with E-state index in [0.29, 0.717) is 26.4 Å². The van der Waals surface area contributed by atoms with Gasteiger partial charge in [-0.15, -0.1) is 0 Å². The first-order valence-corrected chi connectivity index (χ1v) is 11.1. The van der Waals surface area contributed by atoms with Gasteiger partial charge in [-0.25, -0.2) is 0 Å². The molecule has 0 aliphatic rings. The molecule has 0 saturated heterocycles. The summed E-state index contributed by atoms with van der Waals surface area (Å²) in [6.07, 6.45) is 6.50. The first-order valence-electron chi connectivity index (χ1n) is 5.24. The van der Waals surface area contributed by atoms with E-state index in [0.717, 1.165) is 0 Å². The van der Waals surface area contributed by atoms with E-state index < -0.39 is 21.7 Å². The van der Waals surface area contributed by atoms with Gasteiger partial charge in [-0.2, -0.15) is 0 Å². The molecule has 0 saturated carbocycles. The normalized spacial score (nSPS) is 10.8. The van der Waals surface area contributed by atoms with Gasteiger partial charge in [-0.05, 0) is 0 Å². The van der Waals surface area contributed by atoms with Crippen molar-refractivity contribution in [2.75, 3.05) is 26.4 Å². The molecular formula is C12H20HfO4. The molecule has 0 amide bonds. The quantitative estimate of drug-likeness (QED) is 0.369. The zero-order valence-corrected chi connectivity index (χ0v) is 13.7. The molecule has 4 nitrogen and oxygen atoms in total. The van der Waals surface area contributed by atoms with Gasteiger partial charge in [-0.3, -0.25) is 0 Å². The van der Waals surface area contributed by atoms with Crippen LogP contribution in [0.1, 0.15) is 0 Å². The zero-order chi connectivity index (χ0) is 13.0. The van der Waals surface area contributed by atoms with Crippen molar-refractivity contribution in [1.82, 2.24) is 0 Å². The molecule has 0 bridgehead atoms. The molecule has 0 unspecified atom stereocenters. The fourth-order valence-electron chi connectivity index (χ4n) is 0.894. The average Bonchev–Trinajstić information content (AvgIpc) is 2.37. The molecular weight excluding hydrogens is 387 g/mol. The topological polar surface area (TPSA) is 36.9 Å². The molecule has 0 aromatic carbocycles. The van der Waals surface area contributed by atoms with Crippen LogP contribution >= 0.6 is 0 Å². The summed E-state index contributed by atoms with van der Waals surface area (Å²) in [7, 11) is 0. The van der Waals surface area contributed by atoms with Crippen LogP contribution in [0.2, 0.25) is 0 Å². The van der Waals surface area contributed by atoms with Crippen molar-refractivity contribution in [2.24, 2.45) is 0 Å². The van der Waals surface area contributed by atoms with E-state index in [-0.39, 0.29) is 0 Å². The van der Waals surface area contributed by atoms with Gasteiger partial charge in [0.05, 0.1) is 0 Å². The molecule has 0 N–H and O–H groups in total. The second kappa shape index (κ2) is 10.8. The second-order valence-electron chi connectivity index (χ2n) is 2.90. The monoisotopic (exact) mass is 408 g/mol. The van der Waals surface area contributed by atoms with E-state index in [1.807, 2.05) is 0 Å². The van der Waals surface area contributed by atoms with Crippen molar-refractivity contribution in [3.8, 4) is 0 Å². The standard InChI is InChI=1S/4C3H5O.Hf/c4*1-2-3-4;/h4*2H,1,3H2;/q4*-1;+4. The molecule has 0 rings (SSSR count). The average molecular weight is 407 g/mol. The number of hydrogen-bond donors (Lipinski definition) is 0. The first kappa shape index (κ1) is 16.7. The second-order valence-corrected chi connectivity index (χ2v) is 10.6. The van der Waals surface area contributed by atoms with Crippen molar-refractivity contribution < 1.29 is 33.1 Å². The van der Waals surface area contributed by atoms with Crippen molar-refractivity contribution >= 4 is 0 Å². The summed E-state index contributed by atoms with van der Waals surface area (Å²) >= 11 is -4.12. The van der Waals surface area contributed by atoms with Crippen LogP contribution in [0.3, 0.4) is 0 Å². The van der Waals surface area contributed by atoms with Crippen molar-refractivity contribution in [2.45, 2.75) is 0 Å². The minimum absolute atomic E-state index is 0.326. The third-order valence-corrected chi connectivity index (χ3v) is 8.99. The van der Waals surface area contributed by atoms with Gasteiger partial charge >= 0.3 is 110 Å². The molecule has 0 radical (unpaired) electrons. The zero-order valence-electron chi connectivity index (χ0n) is 10.1. The number of hydrogen-bond acceptors (Lipinski definition) is 4. The maximum atomic E-state index is 5.58. The Morgan fingerprint density at radius 2 is 0.824 bits per heavy atom. The molecule has 0 aromatic heterocycles. The SMILES string of the molecule is C=CC[O][Hf]([O]CC=C)([O]CC=C)[O]CC=C. The van der Waals surface area contributed by atoms with Gasteiger partial charge in [-0.1, -0.05) is 0 Å². The minimum atomic E-state index is -4.12. The molecule has 5 heteroatoms. The third kappa shape index (κ3) is 7.57. The van der Waals surface area contributed by atoms with E-state index in [4.69, 9.17) is 11.4 Å². The van der Waals surface area contributed by atoms with Crippen LogP contribution in [0.25, 0.3) is 0 Å². The van der Waals surface area contributed by atoms with Crippen LogP contribution in [0.4, 0.5) is 0 Å². The molecule has 96 valence electrons. The fraction of sp³-hybridized carbons (Fsp3) is 0.333. The van der Waals surface area contributed by atoms with Crippen molar-refractivity contribution in [3.63, 3.8) is 0 Å². The van der Waals surface area contributed by atoms with Crippen LogP contribution < -0.4 is 0 Å². The van der Waals surface area contributed by atoms with Crippen LogP contribution in [-0.2, 0) is 33.1 Å². The first-order chi connectivity index (χ1) is 8.24. The van der Waals surface area contributed by atoms with Gasteiger partial charge in [0.25, 0.3) is 0 Å². The Bertz CT molecular complexity index is 199. The van der Waals surface area contributed by atoms with Crippen molar-refractivity contribution in [1.29, 1.82) is 0 Å². The Morgan fingerprint density at radius 3 is 1.00 bits per heavy atom. The summed E-state index contributed by atoms with van der Waals surface area (Å²) in [5, 5.41) is 0. The van der Waals surface area contributed by atoms with Gasteiger partial charge in [0, 0.05) is 0 Å². The summed E-state index contributed by atoms with van der Waals surface area (Å²) in [5.41, 5.74) is 0. The molecule has 0 aliphatic carbocycles. The van der Waals surface area contributed by atoms with Crippen LogP contribution in [0, 0.1) is 0 Å².